The molecule has 4 bridgehead atoms. The van der Waals surface area contributed by atoms with Gasteiger partial charge in [0.25, 0.3) is 0 Å². The van der Waals surface area contributed by atoms with Crippen molar-refractivity contribution in [1.82, 2.24) is 5.32 Å². The van der Waals surface area contributed by atoms with Crippen LogP contribution in [0.3, 0.4) is 0 Å². The first-order valence-corrected chi connectivity index (χ1v) is 7.91. The molecule has 0 aromatic rings. The topological polar surface area (TPSA) is 29.1 Å². The van der Waals surface area contributed by atoms with Crippen LogP contribution < -0.4 is 5.32 Å². The zero-order valence-corrected chi connectivity index (χ0v) is 12.5. The highest BCUT2D eigenvalue weighted by atomic mass is 32.1. The molecule has 2 nitrogen and oxygen atoms in total. The maximum absolute atomic E-state index is 12.0. The second-order valence-electron chi connectivity index (χ2n) is 7.93. The van der Waals surface area contributed by atoms with E-state index in [9.17, 15) is 4.79 Å². The number of carbonyl (C=O) groups is 1. The molecule has 1 N–H and O–H groups in total. The molecule has 4 fully saturated rings. The van der Waals surface area contributed by atoms with Crippen LogP contribution in [0.5, 0.6) is 0 Å². The number of hydrogen-bond acceptors (Lipinski definition) is 2. The molecule has 2 atom stereocenters. The number of carbonyl (C=O) groups excluding carboxylic acids is 1. The molecule has 1 amide bonds. The third-order valence-electron chi connectivity index (χ3n) is 5.37. The van der Waals surface area contributed by atoms with Gasteiger partial charge >= 0.3 is 0 Å². The van der Waals surface area contributed by atoms with Gasteiger partial charge in [-0.05, 0) is 61.0 Å². The minimum Gasteiger partial charge on any atom is -0.351 e. The van der Waals surface area contributed by atoms with Crippen molar-refractivity contribution in [2.45, 2.75) is 64.3 Å². The number of hydrogen-bond donors (Lipinski definition) is 2. The van der Waals surface area contributed by atoms with Crippen molar-refractivity contribution in [3.8, 4) is 0 Å². The second-order valence-corrected chi connectivity index (χ2v) is 8.38. The molecule has 4 aliphatic rings. The summed E-state index contributed by atoms with van der Waals surface area (Å²) in [4.78, 5) is 12.0. The molecule has 4 aliphatic carbocycles. The van der Waals surface area contributed by atoms with E-state index in [4.69, 9.17) is 0 Å². The number of rotatable bonds is 3. The molecule has 0 aromatic carbocycles. The monoisotopic (exact) mass is 267 g/mol. The first kappa shape index (κ1) is 12.8. The van der Waals surface area contributed by atoms with E-state index in [1.165, 1.54) is 38.5 Å². The zero-order valence-electron chi connectivity index (χ0n) is 11.6. The summed E-state index contributed by atoms with van der Waals surface area (Å²) in [7, 11) is 0. The lowest BCUT2D eigenvalue weighted by atomic mass is 9.43. The average molecular weight is 267 g/mol. The Morgan fingerprint density at radius 1 is 1.17 bits per heavy atom. The summed E-state index contributed by atoms with van der Waals surface area (Å²) in [5.74, 6) is 1.70. The van der Waals surface area contributed by atoms with Crippen LogP contribution in [0.15, 0.2) is 0 Å². The van der Waals surface area contributed by atoms with E-state index < -0.39 is 0 Å². The summed E-state index contributed by atoms with van der Waals surface area (Å²) in [5, 5.41) is 3.39. The highest BCUT2D eigenvalue weighted by molar-refractivity contribution is 7.80. The van der Waals surface area contributed by atoms with E-state index in [1.807, 2.05) is 0 Å². The summed E-state index contributed by atoms with van der Waals surface area (Å²) in [6, 6.07) is 0. The molecule has 3 heteroatoms. The molecule has 0 saturated heterocycles. The number of thiol groups is 1. The Morgan fingerprint density at radius 2 is 1.78 bits per heavy atom. The highest BCUT2D eigenvalue weighted by Crippen LogP contribution is 2.66. The fourth-order valence-electron chi connectivity index (χ4n) is 6.05. The van der Waals surface area contributed by atoms with Crippen molar-refractivity contribution in [3.63, 3.8) is 0 Å². The van der Waals surface area contributed by atoms with Crippen LogP contribution >= 0.6 is 12.6 Å². The Kier molecular flexibility index (Phi) is 2.79. The molecule has 4 saturated carbocycles. The third-order valence-corrected chi connectivity index (χ3v) is 5.59. The van der Waals surface area contributed by atoms with Crippen LogP contribution in [-0.2, 0) is 4.79 Å². The predicted molar refractivity (Wildman–Crippen MR) is 76.7 cm³/mol. The fourth-order valence-corrected chi connectivity index (χ4v) is 6.25. The van der Waals surface area contributed by atoms with Crippen molar-refractivity contribution in [2.24, 2.45) is 16.7 Å². The van der Waals surface area contributed by atoms with Crippen LogP contribution in [-0.4, -0.2) is 17.2 Å². The lowest BCUT2D eigenvalue weighted by Gasteiger charge is -2.65. The quantitative estimate of drug-likeness (QED) is 0.756. The van der Waals surface area contributed by atoms with E-state index >= 15 is 0 Å². The van der Waals surface area contributed by atoms with Crippen molar-refractivity contribution in [1.29, 1.82) is 0 Å². The molecule has 102 valence electrons. The van der Waals surface area contributed by atoms with Gasteiger partial charge < -0.3 is 5.32 Å². The van der Waals surface area contributed by atoms with Gasteiger partial charge in [0.1, 0.15) is 0 Å². The Balaban J connectivity index is 1.82. The molecule has 0 heterocycles. The predicted octanol–water partition coefficient (Wildman–Crippen LogP) is 3.17. The number of nitrogens with one attached hydrogen (secondary N) is 1. The van der Waals surface area contributed by atoms with Crippen LogP contribution in [0.1, 0.15) is 58.8 Å². The SMILES string of the molecule is CC12CC3CC(C)(C1)CC(NC(=O)CCS)(C3)C2. The van der Waals surface area contributed by atoms with Crippen molar-refractivity contribution >= 4 is 18.5 Å². The van der Waals surface area contributed by atoms with E-state index in [1.54, 1.807) is 0 Å². The molecule has 0 radical (unpaired) electrons. The van der Waals surface area contributed by atoms with Gasteiger partial charge in [-0.1, -0.05) is 13.8 Å². The number of amides is 1. The maximum atomic E-state index is 12.0. The average Bonchev–Trinajstić information content (AvgIpc) is 2.09. The van der Waals surface area contributed by atoms with Crippen LogP contribution in [0.4, 0.5) is 0 Å². The lowest BCUT2D eigenvalue weighted by Crippen LogP contribution is -2.65. The summed E-state index contributed by atoms with van der Waals surface area (Å²) in [5.41, 5.74) is 1.06. The first-order chi connectivity index (χ1) is 8.36. The lowest BCUT2D eigenvalue weighted by molar-refractivity contribution is -0.139. The van der Waals surface area contributed by atoms with Gasteiger partial charge in [-0.25, -0.2) is 0 Å². The Hall–Kier alpha value is -0.180. The maximum Gasteiger partial charge on any atom is 0.221 e. The standard InChI is InChI=1S/C15H25NOS/c1-13-5-11-6-14(2,8-13)10-15(7-11,9-13)16-12(17)3-4-18/h11,18H,3-10H2,1-2H3,(H,16,17). The van der Waals surface area contributed by atoms with Gasteiger partial charge in [0, 0.05) is 12.0 Å². The minimum atomic E-state index is 0.114. The highest BCUT2D eigenvalue weighted by Gasteiger charge is 2.60. The summed E-state index contributed by atoms with van der Waals surface area (Å²) < 4.78 is 0. The molecular weight excluding hydrogens is 242 g/mol. The van der Waals surface area contributed by atoms with Gasteiger partial charge in [-0.15, -0.1) is 0 Å². The fraction of sp³-hybridized carbons (Fsp3) is 0.933. The Morgan fingerprint density at radius 3 is 2.28 bits per heavy atom. The Labute approximate surface area is 116 Å². The molecule has 0 spiro atoms. The van der Waals surface area contributed by atoms with Gasteiger partial charge in [-0.3, -0.25) is 4.79 Å². The van der Waals surface area contributed by atoms with E-state index in [2.05, 4.69) is 31.8 Å². The third kappa shape index (κ3) is 2.09. The van der Waals surface area contributed by atoms with E-state index in [0.29, 0.717) is 23.0 Å². The zero-order chi connectivity index (χ0) is 13.0. The van der Waals surface area contributed by atoms with Crippen LogP contribution in [0, 0.1) is 16.7 Å². The molecule has 0 aliphatic heterocycles. The van der Waals surface area contributed by atoms with E-state index in [-0.39, 0.29) is 11.4 Å². The molecule has 2 unspecified atom stereocenters. The van der Waals surface area contributed by atoms with Crippen molar-refractivity contribution in [2.75, 3.05) is 5.75 Å². The molecule has 0 aromatic heterocycles. The molecule has 18 heavy (non-hydrogen) atoms. The summed E-state index contributed by atoms with van der Waals surface area (Å²) in [6.07, 6.45) is 8.30. The first-order valence-electron chi connectivity index (χ1n) is 7.28. The normalized spacial score (nSPS) is 49.4. The summed E-state index contributed by atoms with van der Waals surface area (Å²) >= 11 is 4.16. The van der Waals surface area contributed by atoms with Crippen LogP contribution in [0.25, 0.3) is 0 Å². The smallest absolute Gasteiger partial charge is 0.221 e. The van der Waals surface area contributed by atoms with Gasteiger partial charge in [-0.2, -0.15) is 12.6 Å². The largest absolute Gasteiger partial charge is 0.351 e. The molecule has 4 rings (SSSR count). The van der Waals surface area contributed by atoms with E-state index in [0.717, 1.165) is 5.92 Å². The van der Waals surface area contributed by atoms with Gasteiger partial charge in [0.05, 0.1) is 0 Å². The van der Waals surface area contributed by atoms with Crippen LogP contribution in [0.2, 0.25) is 0 Å². The minimum absolute atomic E-state index is 0.114. The Bertz CT molecular complexity index is 363. The van der Waals surface area contributed by atoms with Crippen molar-refractivity contribution in [3.05, 3.63) is 0 Å². The van der Waals surface area contributed by atoms with Gasteiger partial charge in [0.15, 0.2) is 0 Å². The summed E-state index contributed by atoms with van der Waals surface area (Å²) in [6.45, 7) is 4.88. The van der Waals surface area contributed by atoms with Crippen molar-refractivity contribution < 1.29 is 4.79 Å². The molecular formula is C15H25NOS. The second kappa shape index (κ2) is 3.91. The van der Waals surface area contributed by atoms with Gasteiger partial charge in [0.2, 0.25) is 5.91 Å².